The third kappa shape index (κ3) is 1.80. The van der Waals surface area contributed by atoms with E-state index in [1.54, 1.807) is 6.07 Å². The summed E-state index contributed by atoms with van der Waals surface area (Å²) < 4.78 is 20.8. The maximum Gasteiger partial charge on any atom is 0.146 e. The van der Waals surface area contributed by atoms with E-state index in [1.165, 1.54) is 11.6 Å². The third-order valence-corrected chi connectivity index (χ3v) is 4.84. The van der Waals surface area contributed by atoms with Crippen molar-refractivity contribution < 1.29 is 9.13 Å². The summed E-state index contributed by atoms with van der Waals surface area (Å²) in [6.45, 7) is 1.81. The lowest BCUT2D eigenvalue weighted by atomic mass is 9.74. The molecule has 4 rings (SSSR count). The van der Waals surface area contributed by atoms with Crippen molar-refractivity contribution in [3.05, 3.63) is 65.5 Å². The number of ether oxygens (including phenoxy) is 1. The molecular formula is C18H18FNO. The first kappa shape index (κ1) is 12.8. The summed E-state index contributed by atoms with van der Waals surface area (Å²) in [4.78, 5) is 2.30. The highest BCUT2D eigenvalue weighted by Crippen LogP contribution is 2.54. The molecule has 21 heavy (non-hydrogen) atoms. The van der Waals surface area contributed by atoms with Crippen molar-refractivity contribution in [1.29, 1.82) is 0 Å². The number of likely N-dealkylation sites (tertiary alicyclic amines) is 1. The predicted octanol–water partition coefficient (Wildman–Crippen LogP) is 3.53. The molecule has 0 amide bonds. The van der Waals surface area contributed by atoms with Gasteiger partial charge in [0.25, 0.3) is 0 Å². The quantitative estimate of drug-likeness (QED) is 0.794. The van der Waals surface area contributed by atoms with Gasteiger partial charge in [-0.05, 0) is 19.2 Å². The van der Waals surface area contributed by atoms with Crippen molar-refractivity contribution in [2.75, 3.05) is 20.1 Å². The van der Waals surface area contributed by atoms with Crippen LogP contribution in [0, 0.1) is 5.82 Å². The Kier molecular flexibility index (Phi) is 2.79. The van der Waals surface area contributed by atoms with E-state index in [2.05, 4.69) is 18.0 Å². The summed E-state index contributed by atoms with van der Waals surface area (Å²) in [6.07, 6.45) is 0.809. The number of rotatable bonds is 1. The first-order chi connectivity index (χ1) is 10.2. The molecule has 2 unspecified atom stereocenters. The van der Waals surface area contributed by atoms with Gasteiger partial charge in [-0.3, -0.25) is 0 Å². The Morgan fingerprint density at radius 3 is 2.76 bits per heavy atom. The Balaban J connectivity index is 1.89. The van der Waals surface area contributed by atoms with Crippen molar-refractivity contribution in [2.24, 2.45) is 0 Å². The Morgan fingerprint density at radius 1 is 1.14 bits per heavy atom. The monoisotopic (exact) mass is 283 g/mol. The standard InChI is InChI=1S/C18H18FNO/c1-20-11-10-18(14-7-3-4-8-16(14)19)15(12-20)13-6-2-5-9-17(13)21-18/h2-9,15H,10-12H2,1H3. The molecule has 3 heteroatoms. The molecule has 0 bridgehead atoms. The number of piperidine rings is 1. The van der Waals surface area contributed by atoms with Gasteiger partial charge in [0.15, 0.2) is 0 Å². The highest BCUT2D eigenvalue weighted by molar-refractivity contribution is 5.47. The highest BCUT2D eigenvalue weighted by atomic mass is 19.1. The van der Waals surface area contributed by atoms with Gasteiger partial charge >= 0.3 is 0 Å². The fraction of sp³-hybridized carbons (Fsp3) is 0.333. The highest BCUT2D eigenvalue weighted by Gasteiger charge is 2.53. The van der Waals surface area contributed by atoms with Gasteiger partial charge in [-0.2, -0.15) is 0 Å². The number of hydrogen-bond acceptors (Lipinski definition) is 2. The number of benzene rings is 2. The van der Waals surface area contributed by atoms with E-state index in [9.17, 15) is 4.39 Å². The predicted molar refractivity (Wildman–Crippen MR) is 80.0 cm³/mol. The zero-order valence-corrected chi connectivity index (χ0v) is 12.1. The molecule has 2 nitrogen and oxygen atoms in total. The number of hydrogen-bond donors (Lipinski definition) is 0. The average molecular weight is 283 g/mol. The molecule has 2 aromatic carbocycles. The van der Waals surface area contributed by atoms with Gasteiger partial charge < -0.3 is 9.64 Å². The van der Waals surface area contributed by atoms with E-state index in [0.717, 1.165) is 25.3 Å². The second kappa shape index (κ2) is 4.57. The number of nitrogens with zero attached hydrogens (tertiary/aromatic N) is 1. The van der Waals surface area contributed by atoms with Crippen molar-refractivity contribution in [2.45, 2.75) is 17.9 Å². The van der Waals surface area contributed by atoms with E-state index >= 15 is 0 Å². The Bertz CT molecular complexity index is 686. The summed E-state index contributed by atoms with van der Waals surface area (Å²) in [5, 5.41) is 0. The summed E-state index contributed by atoms with van der Waals surface area (Å²) >= 11 is 0. The van der Waals surface area contributed by atoms with Crippen LogP contribution >= 0.6 is 0 Å². The van der Waals surface area contributed by atoms with Crippen molar-refractivity contribution in [3.63, 3.8) is 0 Å². The number of halogens is 1. The van der Waals surface area contributed by atoms with E-state index in [-0.39, 0.29) is 11.7 Å². The average Bonchev–Trinajstić information content (AvgIpc) is 2.83. The minimum absolute atomic E-state index is 0.167. The van der Waals surface area contributed by atoms with E-state index in [0.29, 0.717) is 5.56 Å². The van der Waals surface area contributed by atoms with Gasteiger partial charge in [0.05, 0.1) is 0 Å². The van der Waals surface area contributed by atoms with Crippen LogP contribution in [0.25, 0.3) is 0 Å². The fourth-order valence-corrected chi connectivity index (χ4v) is 3.79. The number of likely N-dealkylation sites (N-methyl/N-ethyl adjacent to an activating group) is 1. The fourth-order valence-electron chi connectivity index (χ4n) is 3.79. The van der Waals surface area contributed by atoms with Crippen LogP contribution in [0.4, 0.5) is 4.39 Å². The molecule has 0 aliphatic carbocycles. The van der Waals surface area contributed by atoms with Gasteiger partial charge in [-0.1, -0.05) is 36.4 Å². The van der Waals surface area contributed by atoms with E-state index in [1.807, 2.05) is 30.3 Å². The lowest BCUT2D eigenvalue weighted by Gasteiger charge is -2.42. The minimum Gasteiger partial charge on any atom is -0.481 e. The number of fused-ring (bicyclic) bond motifs is 3. The molecule has 0 saturated carbocycles. The van der Waals surface area contributed by atoms with Crippen molar-refractivity contribution in [1.82, 2.24) is 4.90 Å². The Hall–Kier alpha value is -1.87. The Labute approximate surface area is 124 Å². The maximum atomic E-state index is 14.4. The SMILES string of the molecule is CN1CCC2(c3ccccc3F)Oc3ccccc3C2C1. The molecule has 1 fully saturated rings. The molecular weight excluding hydrogens is 265 g/mol. The maximum absolute atomic E-state index is 14.4. The molecule has 2 aromatic rings. The molecule has 0 spiro atoms. The smallest absolute Gasteiger partial charge is 0.146 e. The Morgan fingerprint density at radius 2 is 1.90 bits per heavy atom. The molecule has 108 valence electrons. The zero-order chi connectivity index (χ0) is 14.4. The van der Waals surface area contributed by atoms with Gasteiger partial charge in [-0.25, -0.2) is 4.39 Å². The minimum atomic E-state index is -0.554. The van der Waals surface area contributed by atoms with Crippen LogP contribution in [0.2, 0.25) is 0 Å². The first-order valence-corrected chi connectivity index (χ1v) is 7.42. The topological polar surface area (TPSA) is 12.5 Å². The van der Waals surface area contributed by atoms with Crippen LogP contribution in [-0.4, -0.2) is 25.0 Å². The van der Waals surface area contributed by atoms with Gasteiger partial charge in [0, 0.05) is 36.6 Å². The molecule has 0 aromatic heterocycles. The first-order valence-electron chi connectivity index (χ1n) is 7.42. The van der Waals surface area contributed by atoms with Crippen LogP contribution in [0.1, 0.15) is 23.5 Å². The molecule has 2 heterocycles. The van der Waals surface area contributed by atoms with Crippen molar-refractivity contribution >= 4 is 0 Å². The summed E-state index contributed by atoms with van der Waals surface area (Å²) in [7, 11) is 2.12. The normalized spacial score (nSPS) is 27.8. The lowest BCUT2D eigenvalue weighted by Crippen LogP contribution is -2.48. The van der Waals surface area contributed by atoms with E-state index in [4.69, 9.17) is 4.74 Å². The molecule has 2 aliphatic heterocycles. The lowest BCUT2D eigenvalue weighted by molar-refractivity contribution is 0.00417. The van der Waals surface area contributed by atoms with Crippen LogP contribution < -0.4 is 4.74 Å². The third-order valence-electron chi connectivity index (χ3n) is 4.84. The second-order valence-electron chi connectivity index (χ2n) is 6.07. The second-order valence-corrected chi connectivity index (χ2v) is 6.07. The molecule has 0 radical (unpaired) electrons. The number of para-hydroxylation sites is 1. The van der Waals surface area contributed by atoms with E-state index < -0.39 is 5.60 Å². The molecule has 0 N–H and O–H groups in total. The largest absolute Gasteiger partial charge is 0.481 e. The molecule has 2 atom stereocenters. The molecule has 2 aliphatic rings. The van der Waals surface area contributed by atoms with Gasteiger partial charge in [-0.15, -0.1) is 0 Å². The summed E-state index contributed by atoms with van der Waals surface area (Å²) in [5.74, 6) is 0.922. The van der Waals surface area contributed by atoms with Gasteiger partial charge in [0.2, 0.25) is 0 Å². The van der Waals surface area contributed by atoms with Gasteiger partial charge in [0.1, 0.15) is 17.2 Å². The molecule has 1 saturated heterocycles. The van der Waals surface area contributed by atoms with Crippen LogP contribution in [-0.2, 0) is 5.60 Å². The van der Waals surface area contributed by atoms with Crippen LogP contribution in [0.5, 0.6) is 5.75 Å². The zero-order valence-electron chi connectivity index (χ0n) is 12.1. The van der Waals surface area contributed by atoms with Crippen LogP contribution in [0.3, 0.4) is 0 Å². The van der Waals surface area contributed by atoms with Crippen LogP contribution in [0.15, 0.2) is 48.5 Å². The summed E-state index contributed by atoms with van der Waals surface area (Å²) in [6, 6.07) is 15.2. The van der Waals surface area contributed by atoms with Crippen molar-refractivity contribution in [3.8, 4) is 5.75 Å². The summed E-state index contributed by atoms with van der Waals surface area (Å²) in [5.41, 5.74) is 1.34.